The van der Waals surface area contributed by atoms with E-state index in [0.717, 1.165) is 35.0 Å². The molecule has 3 N–H and O–H groups in total. The number of benzene rings is 2. The van der Waals surface area contributed by atoms with E-state index in [0.29, 0.717) is 5.69 Å². The van der Waals surface area contributed by atoms with E-state index in [1.54, 1.807) is 18.2 Å². The third-order valence-electron chi connectivity index (χ3n) is 4.36. The van der Waals surface area contributed by atoms with E-state index in [9.17, 15) is 18.7 Å². The van der Waals surface area contributed by atoms with Crippen molar-refractivity contribution < 1.29 is 23.5 Å². The van der Waals surface area contributed by atoms with Gasteiger partial charge in [0, 0.05) is 9.49 Å². The molecule has 2 aromatic rings. The molecule has 0 heterocycles. The van der Waals surface area contributed by atoms with Crippen LogP contribution in [0.4, 0.5) is 20.2 Å². The van der Waals surface area contributed by atoms with Crippen molar-refractivity contribution in [2.75, 3.05) is 5.32 Å². The van der Waals surface area contributed by atoms with Crippen molar-refractivity contribution in [2.24, 2.45) is 5.92 Å². The standard InChI is InChI=1S/C18H16ClF2IN2O3/c19-12-8-10(22)4-7-14(12)23-16-11(5-6-13(20)15(16)21)17(25)24-27-18(26)9-2-1-3-9/h4-9,18,23,26H,1-3H2,(H,24,25). The number of carbonyl (C=O) groups excluding carboxylic acids is 1. The summed E-state index contributed by atoms with van der Waals surface area (Å²) in [6, 6.07) is 6.92. The Hall–Kier alpha value is -1.49. The summed E-state index contributed by atoms with van der Waals surface area (Å²) in [6.07, 6.45) is 1.46. The van der Waals surface area contributed by atoms with Crippen molar-refractivity contribution in [3.05, 3.63) is 56.1 Å². The van der Waals surface area contributed by atoms with Gasteiger partial charge in [0.05, 0.1) is 22.0 Å². The zero-order valence-corrected chi connectivity index (χ0v) is 16.9. The fourth-order valence-electron chi connectivity index (χ4n) is 2.58. The molecule has 0 aromatic heterocycles. The molecule has 2 aromatic carbocycles. The van der Waals surface area contributed by atoms with E-state index < -0.39 is 23.8 Å². The fourth-order valence-corrected chi connectivity index (χ4v) is 3.48. The lowest BCUT2D eigenvalue weighted by molar-refractivity contribution is -0.178. The molecule has 1 atom stereocenters. The first-order valence-corrected chi connectivity index (χ1v) is 9.66. The van der Waals surface area contributed by atoms with Crippen LogP contribution in [-0.4, -0.2) is 17.3 Å². The number of halogens is 4. The van der Waals surface area contributed by atoms with E-state index >= 15 is 0 Å². The van der Waals surface area contributed by atoms with Crippen molar-refractivity contribution >= 4 is 51.5 Å². The number of aliphatic hydroxyl groups is 1. The van der Waals surface area contributed by atoms with E-state index in [1.807, 2.05) is 0 Å². The van der Waals surface area contributed by atoms with Crippen LogP contribution in [0.3, 0.4) is 0 Å². The summed E-state index contributed by atoms with van der Waals surface area (Å²) in [6.45, 7) is 0. The highest BCUT2D eigenvalue weighted by atomic mass is 127. The monoisotopic (exact) mass is 508 g/mol. The van der Waals surface area contributed by atoms with Crippen LogP contribution in [0.1, 0.15) is 29.6 Å². The first-order chi connectivity index (χ1) is 12.9. The molecule has 1 saturated carbocycles. The second-order valence-electron chi connectivity index (χ2n) is 6.16. The SMILES string of the molecule is O=C(NOC(O)C1CCC1)c1ccc(F)c(F)c1Nc1ccc(I)cc1Cl. The highest BCUT2D eigenvalue weighted by molar-refractivity contribution is 14.1. The van der Waals surface area contributed by atoms with Crippen LogP contribution >= 0.6 is 34.2 Å². The van der Waals surface area contributed by atoms with E-state index in [1.165, 1.54) is 0 Å². The van der Waals surface area contributed by atoms with Gasteiger partial charge < -0.3 is 10.4 Å². The predicted octanol–water partition coefficient (Wildman–Crippen LogP) is 4.75. The lowest BCUT2D eigenvalue weighted by Gasteiger charge is -2.29. The maximum absolute atomic E-state index is 14.4. The van der Waals surface area contributed by atoms with Gasteiger partial charge in [-0.1, -0.05) is 18.0 Å². The summed E-state index contributed by atoms with van der Waals surface area (Å²) in [7, 11) is 0. The molecule has 5 nitrogen and oxygen atoms in total. The number of hydroxylamine groups is 1. The van der Waals surface area contributed by atoms with Crippen molar-refractivity contribution in [3.63, 3.8) is 0 Å². The lowest BCUT2D eigenvalue weighted by Crippen LogP contribution is -2.36. The van der Waals surface area contributed by atoms with Gasteiger partial charge in [0.1, 0.15) is 0 Å². The van der Waals surface area contributed by atoms with Gasteiger partial charge in [-0.2, -0.15) is 0 Å². The number of hydrogen-bond acceptors (Lipinski definition) is 4. The summed E-state index contributed by atoms with van der Waals surface area (Å²) >= 11 is 8.18. The molecule has 0 saturated heterocycles. The normalized spacial score (nSPS) is 15.1. The quantitative estimate of drug-likeness (QED) is 0.299. The zero-order valence-electron chi connectivity index (χ0n) is 13.9. The molecule has 0 aliphatic heterocycles. The van der Waals surface area contributed by atoms with E-state index in [4.69, 9.17) is 16.4 Å². The maximum Gasteiger partial charge on any atom is 0.277 e. The molecule has 144 valence electrons. The lowest BCUT2D eigenvalue weighted by atomic mass is 9.85. The minimum Gasteiger partial charge on any atom is -0.366 e. The Morgan fingerprint density at radius 2 is 2.04 bits per heavy atom. The Bertz CT molecular complexity index is 865. The second-order valence-corrected chi connectivity index (χ2v) is 7.82. The molecule has 9 heteroatoms. The van der Waals surface area contributed by atoms with Gasteiger partial charge in [-0.05, 0) is 65.8 Å². The van der Waals surface area contributed by atoms with Crippen LogP contribution in [0.5, 0.6) is 0 Å². The molecular weight excluding hydrogens is 493 g/mol. The van der Waals surface area contributed by atoms with E-state index in [2.05, 4.69) is 33.4 Å². The van der Waals surface area contributed by atoms with Crippen LogP contribution in [0, 0.1) is 21.1 Å². The summed E-state index contributed by atoms with van der Waals surface area (Å²) in [5.74, 6) is -3.21. The maximum atomic E-state index is 14.4. The number of nitrogens with one attached hydrogen (secondary N) is 2. The number of anilines is 2. The molecule has 1 aliphatic rings. The van der Waals surface area contributed by atoms with Crippen LogP contribution in [-0.2, 0) is 4.84 Å². The minimum atomic E-state index is -1.23. The molecule has 1 unspecified atom stereocenters. The van der Waals surface area contributed by atoms with Crippen LogP contribution in [0.2, 0.25) is 5.02 Å². The van der Waals surface area contributed by atoms with Gasteiger partial charge in [-0.15, -0.1) is 0 Å². The molecule has 27 heavy (non-hydrogen) atoms. The van der Waals surface area contributed by atoms with Gasteiger partial charge in [0.2, 0.25) is 0 Å². The zero-order chi connectivity index (χ0) is 19.6. The van der Waals surface area contributed by atoms with Crippen molar-refractivity contribution in [3.8, 4) is 0 Å². The molecule has 1 fully saturated rings. The molecular formula is C18H16ClF2IN2O3. The van der Waals surface area contributed by atoms with Gasteiger partial charge >= 0.3 is 0 Å². The Morgan fingerprint density at radius 1 is 1.30 bits per heavy atom. The van der Waals surface area contributed by atoms with Crippen molar-refractivity contribution in [2.45, 2.75) is 25.6 Å². The molecule has 1 aliphatic carbocycles. The number of rotatable bonds is 6. The van der Waals surface area contributed by atoms with Crippen LogP contribution < -0.4 is 10.8 Å². The van der Waals surface area contributed by atoms with Crippen molar-refractivity contribution in [1.82, 2.24) is 5.48 Å². The summed E-state index contributed by atoms with van der Waals surface area (Å²) < 4.78 is 28.9. The second kappa shape index (κ2) is 8.68. The average molecular weight is 509 g/mol. The Kier molecular flexibility index (Phi) is 6.51. The first kappa shape index (κ1) is 20.2. The summed E-state index contributed by atoms with van der Waals surface area (Å²) in [5, 5.41) is 12.8. The fraction of sp³-hybridized carbons (Fsp3) is 0.278. The topological polar surface area (TPSA) is 70.6 Å². The Morgan fingerprint density at radius 3 is 2.67 bits per heavy atom. The molecule has 0 spiro atoms. The third-order valence-corrected chi connectivity index (χ3v) is 5.34. The van der Waals surface area contributed by atoms with Crippen molar-refractivity contribution in [1.29, 1.82) is 0 Å². The molecule has 0 radical (unpaired) electrons. The van der Waals surface area contributed by atoms with Gasteiger partial charge in [-0.25, -0.2) is 19.1 Å². The average Bonchev–Trinajstić information content (AvgIpc) is 2.57. The number of carbonyl (C=O) groups is 1. The summed E-state index contributed by atoms with van der Waals surface area (Å²) in [5.41, 5.74) is 1.84. The smallest absolute Gasteiger partial charge is 0.277 e. The van der Waals surface area contributed by atoms with Gasteiger partial charge in [0.15, 0.2) is 17.9 Å². The highest BCUT2D eigenvalue weighted by Crippen LogP contribution is 2.32. The van der Waals surface area contributed by atoms with Gasteiger partial charge in [0.25, 0.3) is 5.91 Å². The number of hydrogen-bond donors (Lipinski definition) is 3. The minimum absolute atomic E-state index is 0.0431. The number of aliphatic hydroxyl groups excluding tert-OH is 1. The molecule has 3 rings (SSSR count). The van der Waals surface area contributed by atoms with Gasteiger partial charge in [-0.3, -0.25) is 4.79 Å². The first-order valence-electron chi connectivity index (χ1n) is 8.21. The van der Waals surface area contributed by atoms with E-state index in [-0.39, 0.29) is 22.2 Å². The largest absolute Gasteiger partial charge is 0.366 e. The molecule has 1 amide bonds. The molecule has 0 bridgehead atoms. The predicted molar refractivity (Wildman–Crippen MR) is 106 cm³/mol. The Labute approximate surface area is 173 Å². The third kappa shape index (κ3) is 4.68. The summed E-state index contributed by atoms with van der Waals surface area (Å²) in [4.78, 5) is 17.3. The Balaban J connectivity index is 1.82. The number of amides is 1. The highest BCUT2D eigenvalue weighted by Gasteiger charge is 2.28. The van der Waals surface area contributed by atoms with Crippen LogP contribution in [0.15, 0.2) is 30.3 Å². The van der Waals surface area contributed by atoms with Crippen LogP contribution in [0.25, 0.3) is 0 Å².